The van der Waals surface area contributed by atoms with E-state index in [0.717, 1.165) is 36.6 Å². The first-order valence-corrected chi connectivity index (χ1v) is 7.03. The normalized spacial score (nSPS) is 20.2. The van der Waals surface area contributed by atoms with Crippen LogP contribution in [0.15, 0.2) is 0 Å². The smallest absolute Gasteiger partial charge is 0.243 e. The molecule has 0 saturated carbocycles. The number of nitrogens with one attached hydrogen (secondary N) is 2. The number of hydrogen-bond donors (Lipinski definition) is 2. The summed E-state index contributed by atoms with van der Waals surface area (Å²) in [6.45, 7) is 5.07. The lowest BCUT2D eigenvalue weighted by atomic mass is 10.0. The summed E-state index contributed by atoms with van der Waals surface area (Å²) in [5, 5.41) is 6.89. The molecule has 2 heterocycles. The fourth-order valence-electron chi connectivity index (χ4n) is 2.08. The molecule has 1 aromatic rings. The van der Waals surface area contributed by atoms with Gasteiger partial charge in [0.1, 0.15) is 0 Å². The number of aryl methyl sites for hydroxylation is 2. The topological polar surface area (TPSA) is 54.0 Å². The predicted molar refractivity (Wildman–Crippen MR) is 70.5 cm³/mol. The van der Waals surface area contributed by atoms with Crippen LogP contribution < -0.4 is 10.6 Å². The van der Waals surface area contributed by atoms with Gasteiger partial charge in [-0.3, -0.25) is 4.79 Å². The highest BCUT2D eigenvalue weighted by Crippen LogP contribution is 2.22. The Balaban J connectivity index is 1.97. The summed E-state index contributed by atoms with van der Waals surface area (Å²) < 4.78 is 0. The lowest BCUT2D eigenvalue weighted by Gasteiger charge is -2.21. The number of thiazole rings is 1. The number of nitrogens with zero attached hydrogens (tertiary/aromatic N) is 1. The van der Waals surface area contributed by atoms with Gasteiger partial charge in [-0.05, 0) is 32.7 Å². The highest BCUT2D eigenvalue weighted by molar-refractivity contribution is 7.15. The molecule has 0 bridgehead atoms. The minimum absolute atomic E-state index is 0.0435. The van der Waals surface area contributed by atoms with E-state index < -0.39 is 0 Å². The molecular weight excluding hydrogens is 234 g/mol. The van der Waals surface area contributed by atoms with Gasteiger partial charge in [-0.15, -0.1) is 11.3 Å². The van der Waals surface area contributed by atoms with Crippen molar-refractivity contribution in [2.24, 2.45) is 0 Å². The minimum Gasteiger partial charge on any atom is -0.306 e. The summed E-state index contributed by atoms with van der Waals surface area (Å²) in [4.78, 5) is 17.6. The summed E-state index contributed by atoms with van der Waals surface area (Å²) in [7, 11) is 0. The van der Waals surface area contributed by atoms with Crippen molar-refractivity contribution < 1.29 is 4.79 Å². The Hall–Kier alpha value is -0.940. The van der Waals surface area contributed by atoms with Crippen LogP contribution >= 0.6 is 11.3 Å². The Morgan fingerprint density at radius 3 is 3.00 bits per heavy atom. The van der Waals surface area contributed by atoms with Crippen molar-refractivity contribution in [3.05, 3.63) is 10.6 Å². The largest absolute Gasteiger partial charge is 0.306 e. The molecule has 1 aliphatic rings. The van der Waals surface area contributed by atoms with Gasteiger partial charge in [-0.2, -0.15) is 0 Å². The van der Waals surface area contributed by atoms with Gasteiger partial charge in [0.15, 0.2) is 5.13 Å². The molecule has 0 aromatic carbocycles. The second kappa shape index (κ2) is 5.60. The van der Waals surface area contributed by atoms with Gasteiger partial charge < -0.3 is 10.6 Å². The highest BCUT2D eigenvalue weighted by atomic mass is 32.1. The molecule has 1 aromatic heterocycles. The fourth-order valence-corrected chi connectivity index (χ4v) is 2.98. The first-order chi connectivity index (χ1) is 8.20. The van der Waals surface area contributed by atoms with E-state index in [1.54, 1.807) is 11.3 Å². The van der Waals surface area contributed by atoms with E-state index in [2.05, 4.69) is 22.5 Å². The maximum absolute atomic E-state index is 12.0. The number of rotatable bonds is 3. The molecule has 1 aliphatic heterocycles. The van der Waals surface area contributed by atoms with Gasteiger partial charge in [0, 0.05) is 4.88 Å². The number of piperidine rings is 1. The number of anilines is 1. The molecule has 4 nitrogen and oxygen atoms in total. The molecule has 0 radical (unpaired) electrons. The standard InChI is InChI=1S/C12H19N3OS/c1-3-9-8(2)17-12(14-9)15-11(16)10-6-4-5-7-13-10/h10,13H,3-7H2,1-2H3,(H,14,15,16)/t10-/m1/s1. The van der Waals surface area contributed by atoms with Crippen LogP contribution in [-0.4, -0.2) is 23.5 Å². The molecule has 1 amide bonds. The van der Waals surface area contributed by atoms with E-state index >= 15 is 0 Å². The third-order valence-corrected chi connectivity index (χ3v) is 4.01. The van der Waals surface area contributed by atoms with E-state index in [1.165, 1.54) is 11.3 Å². The molecule has 94 valence electrons. The van der Waals surface area contributed by atoms with Crippen LogP contribution in [0, 0.1) is 6.92 Å². The summed E-state index contributed by atoms with van der Waals surface area (Å²) in [6.07, 6.45) is 4.14. The van der Waals surface area contributed by atoms with Gasteiger partial charge in [0.05, 0.1) is 11.7 Å². The molecule has 1 fully saturated rings. The van der Waals surface area contributed by atoms with E-state index in [9.17, 15) is 4.79 Å². The molecule has 0 unspecified atom stereocenters. The average molecular weight is 253 g/mol. The summed E-state index contributed by atoms with van der Waals surface area (Å²) in [5.41, 5.74) is 1.09. The third kappa shape index (κ3) is 3.04. The number of carbonyl (C=O) groups is 1. The summed E-state index contributed by atoms with van der Waals surface area (Å²) in [5.74, 6) is 0.0566. The van der Waals surface area contributed by atoms with E-state index in [0.29, 0.717) is 0 Å². The molecule has 0 spiro atoms. The average Bonchev–Trinajstić information content (AvgIpc) is 2.70. The SMILES string of the molecule is CCc1nc(NC(=O)[C@H]2CCCCN2)sc1C. The molecular formula is C12H19N3OS. The molecule has 5 heteroatoms. The maximum atomic E-state index is 12.0. The van der Waals surface area contributed by atoms with E-state index in [1.807, 2.05) is 6.92 Å². The van der Waals surface area contributed by atoms with Crippen molar-refractivity contribution in [3.8, 4) is 0 Å². The van der Waals surface area contributed by atoms with Crippen molar-refractivity contribution in [3.63, 3.8) is 0 Å². The van der Waals surface area contributed by atoms with Gasteiger partial charge in [-0.1, -0.05) is 13.3 Å². The monoisotopic (exact) mass is 253 g/mol. The van der Waals surface area contributed by atoms with Crippen LogP contribution in [-0.2, 0) is 11.2 Å². The quantitative estimate of drug-likeness (QED) is 0.867. The number of carbonyl (C=O) groups excluding carboxylic acids is 1. The Morgan fingerprint density at radius 1 is 1.59 bits per heavy atom. The molecule has 17 heavy (non-hydrogen) atoms. The van der Waals surface area contributed by atoms with Gasteiger partial charge in [-0.25, -0.2) is 4.98 Å². The third-order valence-electron chi connectivity index (χ3n) is 3.08. The lowest BCUT2D eigenvalue weighted by molar-refractivity contribution is -0.118. The van der Waals surface area contributed by atoms with Crippen molar-refractivity contribution in [2.45, 2.75) is 45.6 Å². The zero-order chi connectivity index (χ0) is 12.3. The van der Waals surface area contributed by atoms with Crippen LogP contribution in [0.25, 0.3) is 0 Å². The Morgan fingerprint density at radius 2 is 2.41 bits per heavy atom. The van der Waals surface area contributed by atoms with E-state index in [-0.39, 0.29) is 11.9 Å². The van der Waals surface area contributed by atoms with Crippen molar-refractivity contribution in [2.75, 3.05) is 11.9 Å². The van der Waals surface area contributed by atoms with Crippen LogP contribution in [0.3, 0.4) is 0 Å². The molecule has 2 N–H and O–H groups in total. The lowest BCUT2D eigenvalue weighted by Crippen LogP contribution is -2.43. The van der Waals surface area contributed by atoms with Gasteiger partial charge in [0.25, 0.3) is 0 Å². The first-order valence-electron chi connectivity index (χ1n) is 6.21. The van der Waals surface area contributed by atoms with Gasteiger partial charge in [0.2, 0.25) is 5.91 Å². The second-order valence-corrected chi connectivity index (χ2v) is 5.57. The van der Waals surface area contributed by atoms with Crippen molar-refractivity contribution in [1.29, 1.82) is 0 Å². The van der Waals surface area contributed by atoms with Crippen LogP contribution in [0.2, 0.25) is 0 Å². The zero-order valence-electron chi connectivity index (χ0n) is 10.4. The summed E-state index contributed by atoms with van der Waals surface area (Å²) >= 11 is 1.56. The number of aromatic nitrogens is 1. The van der Waals surface area contributed by atoms with Crippen molar-refractivity contribution >= 4 is 22.4 Å². The first kappa shape index (κ1) is 12.5. The Bertz CT molecular complexity index is 396. The Labute approximate surface area is 106 Å². The predicted octanol–water partition coefficient (Wildman–Crippen LogP) is 2.09. The maximum Gasteiger partial charge on any atom is 0.243 e. The highest BCUT2D eigenvalue weighted by Gasteiger charge is 2.21. The zero-order valence-corrected chi connectivity index (χ0v) is 11.2. The van der Waals surface area contributed by atoms with Crippen LogP contribution in [0.4, 0.5) is 5.13 Å². The molecule has 0 aliphatic carbocycles. The second-order valence-electron chi connectivity index (χ2n) is 4.37. The van der Waals surface area contributed by atoms with E-state index in [4.69, 9.17) is 0 Å². The minimum atomic E-state index is -0.0435. The van der Waals surface area contributed by atoms with Gasteiger partial charge >= 0.3 is 0 Å². The molecule has 1 saturated heterocycles. The number of hydrogen-bond acceptors (Lipinski definition) is 4. The van der Waals surface area contributed by atoms with Crippen LogP contribution in [0.5, 0.6) is 0 Å². The van der Waals surface area contributed by atoms with Crippen LogP contribution in [0.1, 0.15) is 36.8 Å². The molecule has 2 rings (SSSR count). The van der Waals surface area contributed by atoms with Crippen molar-refractivity contribution in [1.82, 2.24) is 10.3 Å². The fraction of sp³-hybridized carbons (Fsp3) is 0.667. The summed E-state index contributed by atoms with van der Waals surface area (Å²) in [6, 6.07) is -0.0435. The molecule has 1 atom stereocenters. The number of amides is 1. The Kier molecular flexibility index (Phi) is 4.12.